The zero-order valence-electron chi connectivity index (χ0n) is 17.1. The predicted molar refractivity (Wildman–Crippen MR) is 106 cm³/mol. The molecule has 0 atom stereocenters. The average Bonchev–Trinajstić information content (AvgIpc) is 2.52. The van der Waals surface area contributed by atoms with Gasteiger partial charge in [-0.25, -0.2) is 26.4 Å². The van der Waals surface area contributed by atoms with Gasteiger partial charge in [-0.1, -0.05) is 10.3 Å². The SMILES string of the molecule is CNC(=O)O/N=C/C(C)(C)S(C)(=O)=O.CNC(=O)O/N=C\C(C)(C)S(C)(=O)=O. The minimum atomic E-state index is -3.27. The monoisotopic (exact) mass is 444 g/mol. The Bertz CT molecular complexity index is 731. The lowest BCUT2D eigenvalue weighted by molar-refractivity contribution is 0.152. The number of hydrogen-bond acceptors (Lipinski definition) is 10. The third-order valence-electron chi connectivity index (χ3n) is 3.32. The molecule has 0 unspecified atom stereocenters. The van der Waals surface area contributed by atoms with Crippen LogP contribution in [0.1, 0.15) is 27.7 Å². The molecule has 14 heteroatoms. The molecule has 0 aromatic carbocycles. The zero-order chi connectivity index (χ0) is 22.8. The molecule has 0 bridgehead atoms. The Kier molecular flexibility index (Phi) is 10.9. The molecule has 164 valence electrons. The van der Waals surface area contributed by atoms with Crippen molar-refractivity contribution < 1.29 is 36.1 Å². The molecule has 0 saturated carbocycles. The molecule has 0 fully saturated rings. The van der Waals surface area contributed by atoms with E-state index in [-0.39, 0.29) is 0 Å². The van der Waals surface area contributed by atoms with Gasteiger partial charge in [0.25, 0.3) is 0 Å². The maximum absolute atomic E-state index is 11.2. The summed E-state index contributed by atoms with van der Waals surface area (Å²) in [5, 5.41) is 10.9. The number of sulfone groups is 2. The minimum absolute atomic E-state index is 0.745. The normalized spacial score (nSPS) is 12.9. The van der Waals surface area contributed by atoms with Crippen molar-refractivity contribution >= 4 is 44.3 Å². The van der Waals surface area contributed by atoms with Gasteiger partial charge >= 0.3 is 12.2 Å². The van der Waals surface area contributed by atoms with E-state index in [2.05, 4.69) is 30.6 Å². The number of nitrogens with one attached hydrogen (secondary N) is 2. The van der Waals surface area contributed by atoms with Crippen LogP contribution in [0.25, 0.3) is 0 Å². The summed E-state index contributed by atoms with van der Waals surface area (Å²) in [5.74, 6) is 0. The summed E-state index contributed by atoms with van der Waals surface area (Å²) in [6.07, 6.45) is 2.81. The summed E-state index contributed by atoms with van der Waals surface area (Å²) in [6, 6.07) is 0. The Balaban J connectivity index is 0. The second-order valence-electron chi connectivity index (χ2n) is 6.48. The van der Waals surface area contributed by atoms with E-state index < -0.39 is 41.4 Å². The molecule has 0 aliphatic heterocycles. The van der Waals surface area contributed by atoms with Crippen LogP contribution in [-0.4, -0.2) is 77.6 Å². The van der Waals surface area contributed by atoms with Gasteiger partial charge in [0.2, 0.25) is 0 Å². The first-order valence-electron chi connectivity index (χ1n) is 7.67. The van der Waals surface area contributed by atoms with Gasteiger partial charge in [-0.05, 0) is 27.7 Å². The van der Waals surface area contributed by atoms with E-state index in [0.29, 0.717) is 0 Å². The molecule has 0 radical (unpaired) electrons. The maximum Gasteiger partial charge on any atom is 0.433 e. The molecule has 28 heavy (non-hydrogen) atoms. The van der Waals surface area contributed by atoms with Crippen molar-refractivity contribution in [2.45, 2.75) is 37.2 Å². The van der Waals surface area contributed by atoms with Crippen molar-refractivity contribution in [2.75, 3.05) is 26.6 Å². The Morgan fingerprint density at radius 2 is 1.00 bits per heavy atom. The number of rotatable bonds is 6. The molecule has 2 amide bonds. The topological polar surface area (TPSA) is 170 Å². The molecule has 0 aromatic heterocycles. The van der Waals surface area contributed by atoms with Crippen molar-refractivity contribution in [2.24, 2.45) is 10.3 Å². The number of hydrogen-bond donors (Lipinski definition) is 2. The van der Waals surface area contributed by atoms with E-state index in [0.717, 1.165) is 24.9 Å². The second-order valence-corrected chi connectivity index (χ2v) is 11.7. The number of carbonyl (C=O) groups is 2. The van der Waals surface area contributed by atoms with Crippen LogP contribution in [0, 0.1) is 0 Å². The Morgan fingerprint density at radius 1 is 0.750 bits per heavy atom. The van der Waals surface area contributed by atoms with E-state index >= 15 is 0 Å². The molecular formula is C14H28N4O8S2. The minimum Gasteiger partial charge on any atom is -0.323 e. The molecule has 2 N–H and O–H groups in total. The molecule has 0 aromatic rings. The summed E-state index contributed by atoms with van der Waals surface area (Å²) >= 11 is 0. The van der Waals surface area contributed by atoms with Crippen molar-refractivity contribution in [3.8, 4) is 0 Å². The van der Waals surface area contributed by atoms with Crippen molar-refractivity contribution in [1.29, 1.82) is 0 Å². The fourth-order valence-electron chi connectivity index (χ4n) is 0.685. The maximum atomic E-state index is 11.2. The fraction of sp³-hybridized carbons (Fsp3) is 0.714. The summed E-state index contributed by atoms with van der Waals surface area (Å²) in [4.78, 5) is 29.7. The van der Waals surface area contributed by atoms with E-state index in [1.165, 1.54) is 41.8 Å². The van der Waals surface area contributed by atoms with Crippen LogP contribution in [0.2, 0.25) is 0 Å². The molecule has 0 heterocycles. The number of amides is 2. The molecule has 0 rings (SSSR count). The third kappa shape index (κ3) is 10.8. The molecule has 0 aliphatic rings. The lowest BCUT2D eigenvalue weighted by Crippen LogP contribution is -2.32. The first-order valence-corrected chi connectivity index (χ1v) is 11.4. The highest BCUT2D eigenvalue weighted by Crippen LogP contribution is 2.12. The highest BCUT2D eigenvalue weighted by atomic mass is 32.2. The van der Waals surface area contributed by atoms with Gasteiger partial charge in [0.05, 0.1) is 12.4 Å². The van der Waals surface area contributed by atoms with Gasteiger partial charge in [-0.2, -0.15) is 0 Å². The quantitative estimate of drug-likeness (QED) is 0.335. The summed E-state index contributed by atoms with van der Waals surface area (Å²) in [7, 11) is -3.79. The van der Waals surface area contributed by atoms with Crippen LogP contribution < -0.4 is 10.6 Å². The van der Waals surface area contributed by atoms with Crippen LogP contribution >= 0.6 is 0 Å². The highest BCUT2D eigenvalue weighted by molar-refractivity contribution is 7.93. The van der Waals surface area contributed by atoms with Crippen molar-refractivity contribution in [1.82, 2.24) is 10.6 Å². The van der Waals surface area contributed by atoms with Crippen molar-refractivity contribution in [3.05, 3.63) is 0 Å². The average molecular weight is 445 g/mol. The summed E-state index contributed by atoms with van der Waals surface area (Å²) in [6.45, 7) is 5.83. The van der Waals surface area contributed by atoms with Crippen LogP contribution in [-0.2, 0) is 29.3 Å². The van der Waals surface area contributed by atoms with Gasteiger partial charge in [0.15, 0.2) is 19.7 Å². The van der Waals surface area contributed by atoms with E-state index in [4.69, 9.17) is 0 Å². The third-order valence-corrected chi connectivity index (χ3v) is 7.35. The van der Waals surface area contributed by atoms with Gasteiger partial charge in [0, 0.05) is 26.6 Å². The molecule has 0 saturated heterocycles. The fourth-order valence-corrected chi connectivity index (χ4v) is 1.15. The highest BCUT2D eigenvalue weighted by Gasteiger charge is 2.29. The molecule has 12 nitrogen and oxygen atoms in total. The lowest BCUT2D eigenvalue weighted by atomic mass is 10.2. The second kappa shape index (κ2) is 10.9. The predicted octanol–water partition coefficient (Wildman–Crippen LogP) is 0.303. The lowest BCUT2D eigenvalue weighted by Gasteiger charge is -2.15. The van der Waals surface area contributed by atoms with Gasteiger partial charge in [0.1, 0.15) is 9.49 Å². The number of nitrogens with zero attached hydrogens (tertiary/aromatic N) is 2. The summed E-state index contributed by atoms with van der Waals surface area (Å²) < 4.78 is 42.3. The molecule has 0 spiro atoms. The van der Waals surface area contributed by atoms with Crippen LogP contribution in [0.4, 0.5) is 9.59 Å². The first kappa shape index (κ1) is 28.0. The summed E-state index contributed by atoms with van der Waals surface area (Å²) in [5.41, 5.74) is 0. The van der Waals surface area contributed by atoms with Gasteiger partial charge < -0.3 is 10.6 Å². The van der Waals surface area contributed by atoms with E-state index in [1.54, 1.807) is 0 Å². The largest absolute Gasteiger partial charge is 0.433 e. The smallest absolute Gasteiger partial charge is 0.323 e. The van der Waals surface area contributed by atoms with Crippen LogP contribution in [0.3, 0.4) is 0 Å². The van der Waals surface area contributed by atoms with Gasteiger partial charge in [-0.3, -0.25) is 9.68 Å². The number of oxime groups is 2. The van der Waals surface area contributed by atoms with Crippen LogP contribution in [0.15, 0.2) is 10.3 Å². The van der Waals surface area contributed by atoms with E-state index in [1.807, 2.05) is 0 Å². The molecule has 0 aliphatic carbocycles. The van der Waals surface area contributed by atoms with Gasteiger partial charge in [-0.15, -0.1) is 0 Å². The Morgan fingerprint density at radius 3 is 1.18 bits per heavy atom. The zero-order valence-corrected chi connectivity index (χ0v) is 18.8. The van der Waals surface area contributed by atoms with Crippen molar-refractivity contribution in [3.63, 3.8) is 0 Å². The standard InChI is InChI=1S/2C7H14N2O4S/c2*1-7(2,14(4,11)12)5-9-13-6(10)8-3/h2*5H,1-4H3,(H,8,10)/b9-5+;9-5-. The Hall–Kier alpha value is -2.22. The Labute approximate surface area is 165 Å². The van der Waals surface area contributed by atoms with E-state index in [9.17, 15) is 26.4 Å². The molecular weight excluding hydrogens is 416 g/mol. The first-order chi connectivity index (χ1) is 12.4. The van der Waals surface area contributed by atoms with Crippen LogP contribution in [0.5, 0.6) is 0 Å². The number of carbonyl (C=O) groups excluding carboxylic acids is 2.